The molecule has 0 saturated heterocycles. The standard InChI is InChI=1S/C17H16O2/c18-17-11-10-16(17)14-6-8-15(9-7-14)19-12-13-4-2-1-3-5-13/h1-9,16H,10-12H2. The average molecular weight is 252 g/mol. The Labute approximate surface area is 113 Å². The van der Waals surface area contributed by atoms with E-state index in [0.29, 0.717) is 12.4 Å². The van der Waals surface area contributed by atoms with Crippen molar-refractivity contribution in [1.29, 1.82) is 0 Å². The Morgan fingerprint density at radius 1 is 1.00 bits per heavy atom. The highest BCUT2D eigenvalue weighted by Crippen LogP contribution is 2.33. The number of carbonyl (C=O) groups is 1. The highest BCUT2D eigenvalue weighted by molar-refractivity contribution is 5.91. The zero-order chi connectivity index (χ0) is 13.1. The summed E-state index contributed by atoms with van der Waals surface area (Å²) in [5, 5.41) is 0. The van der Waals surface area contributed by atoms with Gasteiger partial charge in [0.2, 0.25) is 0 Å². The van der Waals surface area contributed by atoms with E-state index in [2.05, 4.69) is 0 Å². The molecule has 19 heavy (non-hydrogen) atoms. The van der Waals surface area contributed by atoms with Gasteiger partial charge in [-0.05, 0) is 29.7 Å². The van der Waals surface area contributed by atoms with Gasteiger partial charge < -0.3 is 4.74 Å². The van der Waals surface area contributed by atoms with E-state index in [1.54, 1.807) is 0 Å². The Bertz CT molecular complexity index is 558. The zero-order valence-corrected chi connectivity index (χ0v) is 10.7. The molecule has 1 saturated carbocycles. The molecular formula is C17H16O2. The number of rotatable bonds is 4. The topological polar surface area (TPSA) is 26.3 Å². The van der Waals surface area contributed by atoms with Gasteiger partial charge in [-0.1, -0.05) is 42.5 Å². The van der Waals surface area contributed by atoms with Crippen LogP contribution in [0.1, 0.15) is 29.9 Å². The molecule has 0 spiro atoms. The fourth-order valence-corrected chi connectivity index (χ4v) is 2.30. The minimum absolute atomic E-state index is 0.128. The summed E-state index contributed by atoms with van der Waals surface area (Å²) in [6, 6.07) is 18.0. The molecule has 2 nitrogen and oxygen atoms in total. The first-order valence-corrected chi connectivity index (χ1v) is 6.62. The van der Waals surface area contributed by atoms with Crippen LogP contribution in [0.15, 0.2) is 54.6 Å². The summed E-state index contributed by atoms with van der Waals surface area (Å²) in [7, 11) is 0. The number of ether oxygens (including phenoxy) is 1. The predicted octanol–water partition coefficient (Wildman–Crippen LogP) is 3.71. The molecule has 2 aromatic rings. The Morgan fingerprint density at radius 2 is 1.74 bits per heavy atom. The zero-order valence-electron chi connectivity index (χ0n) is 10.7. The first-order chi connectivity index (χ1) is 9.33. The highest BCUT2D eigenvalue weighted by Gasteiger charge is 2.29. The van der Waals surface area contributed by atoms with E-state index >= 15 is 0 Å². The molecule has 0 aromatic heterocycles. The van der Waals surface area contributed by atoms with Crippen molar-refractivity contribution in [2.75, 3.05) is 0 Å². The van der Waals surface area contributed by atoms with Gasteiger partial charge in [0, 0.05) is 12.3 Å². The number of Topliss-reactive ketones (excluding diaryl/α,β-unsaturated/α-hetero) is 1. The predicted molar refractivity (Wildman–Crippen MR) is 74.2 cm³/mol. The van der Waals surface area contributed by atoms with E-state index in [1.165, 1.54) is 0 Å². The van der Waals surface area contributed by atoms with E-state index in [9.17, 15) is 4.79 Å². The third-order valence-electron chi connectivity index (χ3n) is 3.60. The molecule has 0 bridgehead atoms. The summed E-state index contributed by atoms with van der Waals surface area (Å²) in [5.74, 6) is 1.33. The van der Waals surface area contributed by atoms with Crippen LogP contribution < -0.4 is 4.74 Å². The molecule has 0 N–H and O–H groups in total. The summed E-state index contributed by atoms with van der Waals surface area (Å²) in [4.78, 5) is 11.4. The molecule has 1 fully saturated rings. The van der Waals surface area contributed by atoms with Gasteiger partial charge in [-0.3, -0.25) is 4.79 Å². The molecule has 1 aliphatic rings. The van der Waals surface area contributed by atoms with Crippen molar-refractivity contribution < 1.29 is 9.53 Å². The van der Waals surface area contributed by atoms with Crippen LogP contribution in [0.3, 0.4) is 0 Å². The minimum Gasteiger partial charge on any atom is -0.489 e. The second-order valence-electron chi connectivity index (χ2n) is 4.90. The molecule has 1 unspecified atom stereocenters. The molecule has 0 amide bonds. The number of ketones is 1. The first-order valence-electron chi connectivity index (χ1n) is 6.62. The van der Waals surface area contributed by atoms with Gasteiger partial charge in [0.05, 0.1) is 0 Å². The van der Waals surface area contributed by atoms with Crippen LogP contribution >= 0.6 is 0 Å². The molecule has 2 aromatic carbocycles. The Morgan fingerprint density at radius 3 is 2.32 bits per heavy atom. The molecular weight excluding hydrogens is 236 g/mol. The lowest BCUT2D eigenvalue weighted by Gasteiger charge is -2.24. The van der Waals surface area contributed by atoms with Crippen molar-refractivity contribution in [2.45, 2.75) is 25.4 Å². The van der Waals surface area contributed by atoms with Crippen molar-refractivity contribution in [2.24, 2.45) is 0 Å². The molecule has 1 atom stereocenters. The SMILES string of the molecule is O=C1CCC1c1ccc(OCc2ccccc2)cc1. The van der Waals surface area contributed by atoms with E-state index in [0.717, 1.165) is 29.7 Å². The minimum atomic E-state index is 0.128. The average Bonchev–Trinajstić information content (AvgIpc) is 2.46. The van der Waals surface area contributed by atoms with E-state index in [-0.39, 0.29) is 5.92 Å². The van der Waals surface area contributed by atoms with Crippen LogP contribution in [0, 0.1) is 0 Å². The Kier molecular flexibility index (Phi) is 3.32. The number of hydrogen-bond acceptors (Lipinski definition) is 2. The van der Waals surface area contributed by atoms with Crippen LogP contribution in [-0.2, 0) is 11.4 Å². The molecule has 0 radical (unpaired) electrons. The van der Waals surface area contributed by atoms with Gasteiger partial charge in [-0.25, -0.2) is 0 Å². The first kappa shape index (κ1) is 12.0. The maximum Gasteiger partial charge on any atom is 0.140 e. The maximum absolute atomic E-state index is 11.4. The molecule has 0 heterocycles. The van der Waals surface area contributed by atoms with Crippen molar-refractivity contribution in [3.63, 3.8) is 0 Å². The number of benzene rings is 2. The van der Waals surface area contributed by atoms with E-state index in [4.69, 9.17) is 4.74 Å². The lowest BCUT2D eigenvalue weighted by Crippen LogP contribution is -2.22. The molecule has 96 valence electrons. The highest BCUT2D eigenvalue weighted by atomic mass is 16.5. The smallest absolute Gasteiger partial charge is 0.140 e. The molecule has 0 aliphatic heterocycles. The second kappa shape index (κ2) is 5.27. The monoisotopic (exact) mass is 252 g/mol. The normalized spacial score (nSPS) is 17.9. The second-order valence-corrected chi connectivity index (χ2v) is 4.90. The fraction of sp³-hybridized carbons (Fsp3) is 0.235. The van der Waals surface area contributed by atoms with E-state index < -0.39 is 0 Å². The van der Waals surface area contributed by atoms with Gasteiger partial charge in [0.15, 0.2) is 0 Å². The van der Waals surface area contributed by atoms with Crippen LogP contribution in [-0.4, -0.2) is 5.78 Å². The number of carbonyl (C=O) groups excluding carboxylic acids is 1. The van der Waals surface area contributed by atoms with Crippen molar-refractivity contribution in [1.82, 2.24) is 0 Å². The molecule has 3 rings (SSSR count). The molecule has 2 heteroatoms. The van der Waals surface area contributed by atoms with Gasteiger partial charge in [-0.2, -0.15) is 0 Å². The largest absolute Gasteiger partial charge is 0.489 e. The Balaban J connectivity index is 1.61. The summed E-state index contributed by atoms with van der Waals surface area (Å²) in [5.41, 5.74) is 2.27. The van der Waals surface area contributed by atoms with Crippen LogP contribution in [0.5, 0.6) is 5.75 Å². The number of hydrogen-bond donors (Lipinski definition) is 0. The van der Waals surface area contributed by atoms with Crippen LogP contribution in [0.2, 0.25) is 0 Å². The summed E-state index contributed by atoms with van der Waals surface area (Å²) in [6.45, 7) is 0.572. The third kappa shape index (κ3) is 2.68. The van der Waals surface area contributed by atoms with Gasteiger partial charge in [0.1, 0.15) is 18.1 Å². The van der Waals surface area contributed by atoms with Crippen LogP contribution in [0.4, 0.5) is 0 Å². The van der Waals surface area contributed by atoms with Gasteiger partial charge in [0.25, 0.3) is 0 Å². The lowest BCUT2D eigenvalue weighted by atomic mass is 9.79. The maximum atomic E-state index is 11.4. The summed E-state index contributed by atoms with van der Waals surface area (Å²) < 4.78 is 5.72. The van der Waals surface area contributed by atoms with Crippen molar-refractivity contribution >= 4 is 5.78 Å². The molecule has 1 aliphatic carbocycles. The fourth-order valence-electron chi connectivity index (χ4n) is 2.30. The van der Waals surface area contributed by atoms with Crippen molar-refractivity contribution in [3.8, 4) is 5.75 Å². The van der Waals surface area contributed by atoms with Crippen molar-refractivity contribution in [3.05, 3.63) is 65.7 Å². The third-order valence-corrected chi connectivity index (χ3v) is 3.60. The van der Waals surface area contributed by atoms with Gasteiger partial charge in [-0.15, -0.1) is 0 Å². The van der Waals surface area contributed by atoms with Crippen LogP contribution in [0.25, 0.3) is 0 Å². The van der Waals surface area contributed by atoms with E-state index in [1.807, 2.05) is 54.6 Å². The quantitative estimate of drug-likeness (QED) is 0.829. The van der Waals surface area contributed by atoms with Gasteiger partial charge >= 0.3 is 0 Å². The lowest BCUT2D eigenvalue weighted by molar-refractivity contribution is -0.125. The summed E-state index contributed by atoms with van der Waals surface area (Å²) >= 11 is 0. The summed E-state index contributed by atoms with van der Waals surface area (Å²) in [6.07, 6.45) is 1.72. The Hall–Kier alpha value is -2.09.